The van der Waals surface area contributed by atoms with Gasteiger partial charge >= 0.3 is 5.63 Å². The van der Waals surface area contributed by atoms with Gasteiger partial charge in [-0.05, 0) is 30.4 Å². The fourth-order valence-electron chi connectivity index (χ4n) is 3.40. The molecular weight excluding hydrogens is 396 g/mol. The molecule has 30 heavy (non-hydrogen) atoms. The van der Waals surface area contributed by atoms with Crippen LogP contribution in [0.4, 0.5) is 5.69 Å². The molecule has 1 aromatic carbocycles. The zero-order chi connectivity index (χ0) is 21.5. The third kappa shape index (κ3) is 3.30. The Morgan fingerprint density at radius 2 is 2.10 bits per heavy atom. The lowest BCUT2D eigenvalue weighted by Gasteiger charge is -2.36. The molecule has 0 unspecified atom stereocenters. The molecule has 0 radical (unpaired) electrons. The zero-order valence-electron chi connectivity index (χ0n) is 16.1. The van der Waals surface area contributed by atoms with Crippen LogP contribution in [-0.4, -0.2) is 48.4 Å². The molecule has 1 amide bonds. The summed E-state index contributed by atoms with van der Waals surface area (Å²) in [6, 6.07) is 4.72. The number of benzene rings is 1. The molecule has 0 spiro atoms. The van der Waals surface area contributed by atoms with E-state index in [4.69, 9.17) is 18.7 Å². The van der Waals surface area contributed by atoms with Gasteiger partial charge < -0.3 is 29.2 Å². The van der Waals surface area contributed by atoms with E-state index < -0.39 is 23.2 Å². The Kier molecular flexibility index (Phi) is 4.78. The molecular formula is C20H18N2O8. The summed E-state index contributed by atoms with van der Waals surface area (Å²) in [6.07, 6.45) is 1.48. The molecule has 10 nitrogen and oxygen atoms in total. The van der Waals surface area contributed by atoms with Gasteiger partial charge in [-0.15, -0.1) is 0 Å². The van der Waals surface area contributed by atoms with Crippen LogP contribution in [0.15, 0.2) is 44.7 Å². The van der Waals surface area contributed by atoms with Crippen LogP contribution >= 0.6 is 0 Å². The first-order valence-corrected chi connectivity index (χ1v) is 9.02. The van der Waals surface area contributed by atoms with Gasteiger partial charge in [-0.25, -0.2) is 4.79 Å². The van der Waals surface area contributed by atoms with Gasteiger partial charge in [0.25, 0.3) is 5.91 Å². The Morgan fingerprint density at radius 1 is 1.30 bits per heavy atom. The van der Waals surface area contributed by atoms with E-state index in [1.165, 1.54) is 32.4 Å². The predicted octanol–water partition coefficient (Wildman–Crippen LogP) is 1.15. The monoisotopic (exact) mass is 414 g/mol. The van der Waals surface area contributed by atoms with E-state index in [1.807, 2.05) is 0 Å². The van der Waals surface area contributed by atoms with Crippen LogP contribution in [0.3, 0.4) is 0 Å². The van der Waals surface area contributed by atoms with Crippen LogP contribution in [0, 0.1) is 0 Å². The number of ketones is 1. The number of nitrogens with one attached hydrogen (secondary N) is 1. The van der Waals surface area contributed by atoms with Crippen molar-refractivity contribution in [1.82, 2.24) is 0 Å². The molecule has 2 atom stereocenters. The first-order chi connectivity index (χ1) is 14.3. The Bertz CT molecular complexity index is 1170. The first kappa shape index (κ1) is 19.6. The summed E-state index contributed by atoms with van der Waals surface area (Å²) >= 11 is 0. The molecule has 2 heterocycles. The van der Waals surface area contributed by atoms with Crippen molar-refractivity contribution in [1.29, 1.82) is 0 Å². The fourth-order valence-corrected chi connectivity index (χ4v) is 3.40. The summed E-state index contributed by atoms with van der Waals surface area (Å²) in [5.74, 6) is -0.296. The number of allylic oxidation sites excluding steroid dienone is 1. The third-order valence-corrected chi connectivity index (χ3v) is 5.00. The first-order valence-electron chi connectivity index (χ1n) is 9.02. The molecule has 2 aromatic rings. The lowest BCUT2D eigenvalue weighted by molar-refractivity contribution is -0.131. The van der Waals surface area contributed by atoms with E-state index in [0.29, 0.717) is 11.1 Å². The number of hydrogen-bond donors (Lipinski definition) is 2. The Morgan fingerprint density at radius 3 is 2.83 bits per heavy atom. The van der Waals surface area contributed by atoms with Gasteiger partial charge in [0.15, 0.2) is 23.2 Å². The number of fused-ring (bicyclic) bond motifs is 2. The van der Waals surface area contributed by atoms with Gasteiger partial charge in [0.2, 0.25) is 5.75 Å². The minimum absolute atomic E-state index is 0.0367. The molecule has 0 fully saturated rings. The van der Waals surface area contributed by atoms with Gasteiger partial charge in [0.1, 0.15) is 17.0 Å². The van der Waals surface area contributed by atoms with Crippen molar-refractivity contribution in [2.24, 2.45) is 5.16 Å². The minimum atomic E-state index is -1.53. The van der Waals surface area contributed by atoms with Crippen molar-refractivity contribution in [3.63, 3.8) is 0 Å². The molecule has 1 aromatic heterocycles. The van der Waals surface area contributed by atoms with Crippen LogP contribution in [0.5, 0.6) is 11.5 Å². The fraction of sp³-hybridized carbons (Fsp3) is 0.300. The normalized spacial score (nSPS) is 22.7. The largest absolute Gasteiger partial charge is 0.493 e. The number of methoxy groups -OCH3 is 2. The molecule has 1 aliphatic carbocycles. The van der Waals surface area contributed by atoms with E-state index in [9.17, 15) is 19.5 Å². The summed E-state index contributed by atoms with van der Waals surface area (Å²) in [4.78, 5) is 41.6. The van der Waals surface area contributed by atoms with Gasteiger partial charge in [-0.1, -0.05) is 5.16 Å². The number of amides is 1. The molecule has 0 saturated heterocycles. The number of carbonyl (C=O) groups excluding carboxylic acids is 2. The Labute approximate surface area is 169 Å². The van der Waals surface area contributed by atoms with Gasteiger partial charge in [0, 0.05) is 11.8 Å². The number of anilines is 1. The van der Waals surface area contributed by atoms with Gasteiger partial charge in [-0.3, -0.25) is 9.59 Å². The summed E-state index contributed by atoms with van der Waals surface area (Å²) in [5, 5.41) is 17.3. The summed E-state index contributed by atoms with van der Waals surface area (Å²) < 4.78 is 15.8. The van der Waals surface area contributed by atoms with Gasteiger partial charge in [0.05, 0.1) is 20.6 Å². The van der Waals surface area contributed by atoms with Crippen LogP contribution in [0.1, 0.15) is 12.8 Å². The highest BCUT2D eigenvalue weighted by molar-refractivity contribution is 6.43. The summed E-state index contributed by atoms with van der Waals surface area (Å²) in [6.45, 7) is 0. The smallest absolute Gasteiger partial charge is 0.360 e. The van der Waals surface area contributed by atoms with Crippen molar-refractivity contribution in [2.75, 3.05) is 19.5 Å². The number of nitrogens with zero attached hydrogens (tertiary/aromatic N) is 1. The minimum Gasteiger partial charge on any atom is -0.493 e. The van der Waals surface area contributed by atoms with E-state index >= 15 is 0 Å². The molecule has 2 N–H and O–H groups in total. The molecule has 1 aliphatic heterocycles. The number of aliphatic hydroxyl groups is 1. The van der Waals surface area contributed by atoms with Crippen molar-refractivity contribution < 1.29 is 33.4 Å². The van der Waals surface area contributed by atoms with E-state index in [0.717, 1.165) is 0 Å². The number of rotatable bonds is 4. The average molecular weight is 414 g/mol. The highest BCUT2D eigenvalue weighted by Gasteiger charge is 2.45. The van der Waals surface area contributed by atoms with Crippen LogP contribution < -0.4 is 20.4 Å². The van der Waals surface area contributed by atoms with Crippen molar-refractivity contribution in [3.8, 4) is 11.5 Å². The highest BCUT2D eigenvalue weighted by Crippen LogP contribution is 2.35. The maximum atomic E-state index is 12.6. The topological polar surface area (TPSA) is 137 Å². The Hall–Kier alpha value is -3.66. The van der Waals surface area contributed by atoms with Crippen LogP contribution in [0.25, 0.3) is 11.0 Å². The SMILES string of the molecule is COc1ccc2cc(NC(=O)C3=NO[C@H]4CC(=O)C=C[C@@]4(O)C3)c(=O)oc2c1OC. The van der Waals surface area contributed by atoms with Gasteiger partial charge in [-0.2, -0.15) is 0 Å². The second kappa shape index (κ2) is 7.30. The predicted molar refractivity (Wildman–Crippen MR) is 105 cm³/mol. The number of ether oxygens (including phenoxy) is 2. The number of hydrogen-bond acceptors (Lipinski definition) is 9. The van der Waals surface area contributed by atoms with Crippen LogP contribution in [-0.2, 0) is 14.4 Å². The van der Waals surface area contributed by atoms with E-state index in [1.54, 1.807) is 12.1 Å². The van der Waals surface area contributed by atoms with Crippen LogP contribution in [0.2, 0.25) is 0 Å². The number of carbonyl (C=O) groups is 2. The van der Waals surface area contributed by atoms with E-state index in [-0.39, 0.29) is 41.4 Å². The third-order valence-electron chi connectivity index (χ3n) is 5.00. The Balaban J connectivity index is 1.61. The molecule has 2 aliphatic rings. The lowest BCUT2D eigenvalue weighted by atomic mass is 9.82. The van der Waals surface area contributed by atoms with Crippen molar-refractivity contribution in [2.45, 2.75) is 24.5 Å². The van der Waals surface area contributed by atoms with E-state index in [2.05, 4.69) is 10.5 Å². The van der Waals surface area contributed by atoms with Crippen molar-refractivity contribution >= 4 is 34.1 Å². The summed E-state index contributed by atoms with van der Waals surface area (Å²) in [5.41, 5.74) is -2.40. The number of oxime groups is 1. The maximum Gasteiger partial charge on any atom is 0.360 e. The lowest BCUT2D eigenvalue weighted by Crippen LogP contribution is -2.51. The standard InChI is InChI=1S/C20H18N2O8/c1-27-14-4-3-10-7-12(19(25)29-16(10)17(14)28-2)21-18(24)13-9-20(26)6-5-11(23)8-15(20)30-22-13/h3-7,15,26H,8-9H2,1-2H3,(H,21,24)/t15-,20+/m0/s1. The summed E-state index contributed by atoms with van der Waals surface area (Å²) in [7, 11) is 2.87. The quantitative estimate of drug-likeness (QED) is 0.711. The molecule has 0 saturated carbocycles. The van der Waals surface area contributed by atoms with Crippen molar-refractivity contribution in [3.05, 3.63) is 40.8 Å². The highest BCUT2D eigenvalue weighted by atomic mass is 16.6. The maximum absolute atomic E-state index is 12.6. The molecule has 0 bridgehead atoms. The second-order valence-electron chi connectivity index (χ2n) is 6.92. The second-order valence-corrected chi connectivity index (χ2v) is 6.92. The average Bonchev–Trinajstić information content (AvgIpc) is 2.73. The molecule has 10 heteroatoms. The molecule has 156 valence electrons. The molecule has 4 rings (SSSR count). The zero-order valence-corrected chi connectivity index (χ0v) is 16.1.